The molecule has 0 amide bonds. The fourth-order valence-corrected chi connectivity index (χ4v) is 1.71. The van der Waals surface area contributed by atoms with Gasteiger partial charge in [0, 0.05) is 19.1 Å². The van der Waals surface area contributed by atoms with E-state index in [1.807, 2.05) is 0 Å². The maximum atomic E-state index is 11.7. The Kier molecular flexibility index (Phi) is 2.27. The summed E-state index contributed by atoms with van der Waals surface area (Å²) in [7, 11) is 1.43. The summed E-state index contributed by atoms with van der Waals surface area (Å²) in [5.74, 6) is -1.59. The maximum absolute atomic E-state index is 11.7. The largest absolute Gasteiger partial charge is 0.507 e. The summed E-state index contributed by atoms with van der Waals surface area (Å²) in [5, 5.41) is 19.3. The summed E-state index contributed by atoms with van der Waals surface area (Å²) in [6.07, 6.45) is -0.181. The van der Waals surface area contributed by atoms with Gasteiger partial charge in [-0.05, 0) is 0 Å². The van der Waals surface area contributed by atoms with Crippen LogP contribution in [0.25, 0.3) is 0 Å². The third-order valence-corrected chi connectivity index (χ3v) is 2.39. The molecule has 0 bridgehead atoms. The van der Waals surface area contributed by atoms with Crippen molar-refractivity contribution in [2.45, 2.75) is 19.1 Å². The first kappa shape index (κ1) is 10.8. The molecule has 0 fully saturated rings. The first-order valence-corrected chi connectivity index (χ1v) is 4.78. The number of rotatable bonds is 1. The van der Waals surface area contributed by atoms with Crippen LogP contribution in [0.3, 0.4) is 0 Å². The fourth-order valence-electron chi connectivity index (χ4n) is 1.71. The first-order chi connectivity index (χ1) is 7.43. The number of aromatic hydroxyl groups is 1. The molecule has 1 aromatic carbocycles. The van der Waals surface area contributed by atoms with E-state index < -0.39 is 5.79 Å². The number of hydrogen-bond acceptors (Lipinski definition) is 5. The lowest BCUT2D eigenvalue weighted by Crippen LogP contribution is -2.38. The molecule has 0 radical (unpaired) electrons. The number of carbonyl (C=O) groups excluding carboxylic acids is 1. The minimum Gasteiger partial charge on any atom is -0.507 e. The monoisotopic (exact) mass is 224 g/mol. The number of Topliss-reactive ketones (excluding diaryl/α,β-unsaturated/α-hetero) is 1. The molecule has 86 valence electrons. The smallest absolute Gasteiger partial charge is 0.212 e. The van der Waals surface area contributed by atoms with Gasteiger partial charge in [-0.15, -0.1) is 0 Å². The van der Waals surface area contributed by atoms with Crippen molar-refractivity contribution in [2.24, 2.45) is 0 Å². The zero-order valence-corrected chi connectivity index (χ0v) is 8.98. The molecule has 0 saturated carbocycles. The van der Waals surface area contributed by atoms with Gasteiger partial charge in [-0.3, -0.25) is 4.79 Å². The Labute approximate surface area is 92.2 Å². The van der Waals surface area contributed by atoms with Crippen molar-refractivity contribution in [2.75, 3.05) is 7.11 Å². The fraction of sp³-hybridized carbons (Fsp3) is 0.364. The lowest BCUT2D eigenvalue weighted by atomic mass is 9.98. The van der Waals surface area contributed by atoms with Crippen LogP contribution in [-0.4, -0.2) is 28.9 Å². The highest BCUT2D eigenvalue weighted by Crippen LogP contribution is 2.40. The number of phenolic OH excluding ortho intramolecular Hbond substituents is 1. The number of carbonyl (C=O) groups is 1. The van der Waals surface area contributed by atoms with Gasteiger partial charge in [0.1, 0.15) is 22.8 Å². The van der Waals surface area contributed by atoms with E-state index in [2.05, 4.69) is 0 Å². The van der Waals surface area contributed by atoms with Crippen LogP contribution in [0, 0.1) is 0 Å². The molecular weight excluding hydrogens is 212 g/mol. The summed E-state index contributed by atoms with van der Waals surface area (Å²) in [5.41, 5.74) is 0.0901. The lowest BCUT2D eigenvalue weighted by Gasteiger charge is -2.30. The number of benzene rings is 1. The molecule has 0 aliphatic carbocycles. The Morgan fingerprint density at radius 3 is 2.81 bits per heavy atom. The van der Waals surface area contributed by atoms with E-state index >= 15 is 0 Å². The number of methoxy groups -OCH3 is 1. The second kappa shape index (κ2) is 3.38. The SMILES string of the molecule is COc1cc(O)c2c(c1)O[C@@](C)(O)CC2=O. The molecule has 1 aliphatic rings. The van der Waals surface area contributed by atoms with Gasteiger partial charge >= 0.3 is 0 Å². The Morgan fingerprint density at radius 2 is 2.19 bits per heavy atom. The molecule has 2 rings (SSSR count). The van der Waals surface area contributed by atoms with Crippen molar-refractivity contribution in [3.8, 4) is 17.2 Å². The van der Waals surface area contributed by atoms with E-state index in [0.29, 0.717) is 5.75 Å². The van der Waals surface area contributed by atoms with Crippen LogP contribution in [0.15, 0.2) is 12.1 Å². The maximum Gasteiger partial charge on any atom is 0.212 e. The van der Waals surface area contributed by atoms with Gasteiger partial charge in [-0.2, -0.15) is 0 Å². The zero-order valence-electron chi connectivity index (χ0n) is 8.98. The summed E-state index contributed by atoms with van der Waals surface area (Å²) in [4.78, 5) is 11.7. The first-order valence-electron chi connectivity index (χ1n) is 4.78. The minimum atomic E-state index is -1.54. The van der Waals surface area contributed by atoms with Crippen LogP contribution in [0.5, 0.6) is 17.2 Å². The molecule has 0 spiro atoms. The van der Waals surface area contributed by atoms with Crippen LogP contribution in [0.4, 0.5) is 0 Å². The molecule has 0 aromatic heterocycles. The highest BCUT2D eigenvalue weighted by molar-refractivity contribution is 6.02. The third-order valence-electron chi connectivity index (χ3n) is 2.39. The van der Waals surface area contributed by atoms with E-state index in [1.54, 1.807) is 0 Å². The lowest BCUT2D eigenvalue weighted by molar-refractivity contribution is -0.123. The van der Waals surface area contributed by atoms with Gasteiger partial charge < -0.3 is 19.7 Å². The molecule has 2 N–H and O–H groups in total. The molecule has 0 saturated heterocycles. The van der Waals surface area contributed by atoms with E-state index in [0.717, 1.165) is 0 Å². The van der Waals surface area contributed by atoms with Gasteiger partial charge in [0.05, 0.1) is 13.5 Å². The predicted octanol–water partition coefficient (Wildman–Crippen LogP) is 1.07. The molecule has 1 aromatic rings. The summed E-state index contributed by atoms with van der Waals surface area (Å²) < 4.78 is 10.1. The summed E-state index contributed by atoms with van der Waals surface area (Å²) >= 11 is 0. The van der Waals surface area contributed by atoms with Gasteiger partial charge in [0.25, 0.3) is 0 Å². The van der Waals surface area contributed by atoms with Gasteiger partial charge in [-0.25, -0.2) is 0 Å². The summed E-state index contributed by atoms with van der Waals surface area (Å²) in [6.45, 7) is 1.39. The number of ether oxygens (including phenoxy) is 2. The van der Waals surface area contributed by atoms with E-state index in [-0.39, 0.29) is 29.3 Å². The van der Waals surface area contributed by atoms with Crippen molar-refractivity contribution < 1.29 is 24.5 Å². The quantitative estimate of drug-likeness (QED) is 0.746. The Balaban J connectivity index is 2.56. The molecule has 5 heteroatoms. The predicted molar refractivity (Wildman–Crippen MR) is 54.9 cm³/mol. The Hall–Kier alpha value is -1.75. The van der Waals surface area contributed by atoms with Crippen molar-refractivity contribution in [3.05, 3.63) is 17.7 Å². The zero-order chi connectivity index (χ0) is 11.9. The molecule has 1 heterocycles. The van der Waals surface area contributed by atoms with E-state index in [9.17, 15) is 15.0 Å². The second-order valence-corrected chi connectivity index (χ2v) is 3.90. The average molecular weight is 224 g/mol. The topological polar surface area (TPSA) is 76.0 Å². The van der Waals surface area contributed by atoms with Crippen LogP contribution in [-0.2, 0) is 0 Å². The van der Waals surface area contributed by atoms with Crippen LogP contribution in [0.1, 0.15) is 23.7 Å². The van der Waals surface area contributed by atoms with Gasteiger partial charge in [0.2, 0.25) is 5.79 Å². The Morgan fingerprint density at radius 1 is 1.50 bits per heavy atom. The summed E-state index contributed by atoms with van der Waals surface area (Å²) in [6, 6.07) is 2.79. The number of phenols is 1. The second-order valence-electron chi connectivity index (χ2n) is 3.90. The number of fused-ring (bicyclic) bond motifs is 1. The van der Waals surface area contributed by atoms with Crippen molar-refractivity contribution in [3.63, 3.8) is 0 Å². The molecule has 5 nitrogen and oxygen atoms in total. The number of hydrogen-bond donors (Lipinski definition) is 2. The average Bonchev–Trinajstić information content (AvgIpc) is 2.13. The molecule has 16 heavy (non-hydrogen) atoms. The van der Waals surface area contributed by atoms with Gasteiger partial charge in [-0.1, -0.05) is 0 Å². The number of aliphatic hydroxyl groups is 1. The van der Waals surface area contributed by atoms with E-state index in [4.69, 9.17) is 9.47 Å². The third kappa shape index (κ3) is 1.69. The van der Waals surface area contributed by atoms with Crippen molar-refractivity contribution in [1.82, 2.24) is 0 Å². The van der Waals surface area contributed by atoms with Crippen LogP contribution < -0.4 is 9.47 Å². The highest BCUT2D eigenvalue weighted by Gasteiger charge is 2.36. The van der Waals surface area contributed by atoms with E-state index in [1.165, 1.54) is 26.2 Å². The molecule has 1 aliphatic heterocycles. The van der Waals surface area contributed by atoms with Gasteiger partial charge in [0.15, 0.2) is 5.78 Å². The molecule has 0 unspecified atom stereocenters. The highest BCUT2D eigenvalue weighted by atomic mass is 16.6. The van der Waals surface area contributed by atoms with Crippen molar-refractivity contribution >= 4 is 5.78 Å². The normalized spacial score (nSPS) is 23.6. The van der Waals surface area contributed by atoms with Crippen molar-refractivity contribution in [1.29, 1.82) is 0 Å². The molecule has 1 atom stereocenters. The van der Waals surface area contributed by atoms with Crippen LogP contribution in [0.2, 0.25) is 0 Å². The standard InChI is InChI=1S/C11H12O5/c1-11(14)5-8(13)10-7(12)3-6(15-2)4-9(10)16-11/h3-4,12,14H,5H2,1-2H3/t11-/m1/s1. The minimum absolute atomic E-state index is 0.0901. The Bertz CT molecular complexity index is 450. The number of ketones is 1. The molecular formula is C11H12O5. The van der Waals surface area contributed by atoms with Crippen LogP contribution >= 0.6 is 0 Å².